The van der Waals surface area contributed by atoms with Crippen LogP contribution in [0.2, 0.25) is 0 Å². The van der Waals surface area contributed by atoms with Crippen LogP contribution in [-0.2, 0) is 4.79 Å². The van der Waals surface area contributed by atoms with Crippen molar-refractivity contribution in [3.63, 3.8) is 0 Å². The quantitative estimate of drug-likeness (QED) is 0.733. The van der Waals surface area contributed by atoms with E-state index in [9.17, 15) is 18.0 Å². The van der Waals surface area contributed by atoms with Crippen LogP contribution < -0.4 is 0 Å². The molecule has 2 heterocycles. The van der Waals surface area contributed by atoms with E-state index in [0.717, 1.165) is 24.0 Å². The number of carbonyl (C=O) groups excluding carboxylic acids is 1. The minimum Gasteiger partial charge on any atom is -0.333 e. The van der Waals surface area contributed by atoms with Crippen LogP contribution in [0.3, 0.4) is 0 Å². The van der Waals surface area contributed by atoms with Gasteiger partial charge in [-0.2, -0.15) is 13.2 Å². The minimum absolute atomic E-state index is 0.00209. The first-order valence-corrected chi connectivity index (χ1v) is 7.02. The number of nitrogens with zero attached hydrogens (tertiary/aromatic N) is 2. The standard InChI is InChI=1S/C15H19F3N2O/c1-10(9-19-2)11-7-12-3-4-13(8-11)20(12)14(21)5-6-15(16,17)18/h7,9,12-13H,1,3-6,8H2,2H3/b19-9+. The first kappa shape index (κ1) is 15.8. The SMILES string of the molecule is C=C(/C=N/C)C1=CC2CCC(C1)N2C(=O)CCC(F)(F)F. The van der Waals surface area contributed by atoms with Crippen molar-refractivity contribution in [1.82, 2.24) is 4.90 Å². The zero-order chi connectivity index (χ0) is 15.6. The van der Waals surface area contributed by atoms with Crippen LogP contribution in [0.4, 0.5) is 13.2 Å². The molecule has 0 aromatic heterocycles. The van der Waals surface area contributed by atoms with Gasteiger partial charge in [0, 0.05) is 25.7 Å². The Labute approximate surface area is 122 Å². The third-order valence-corrected chi connectivity index (χ3v) is 4.00. The van der Waals surface area contributed by atoms with Gasteiger partial charge in [0.15, 0.2) is 0 Å². The lowest BCUT2D eigenvalue weighted by molar-refractivity contribution is -0.150. The zero-order valence-electron chi connectivity index (χ0n) is 12.0. The summed E-state index contributed by atoms with van der Waals surface area (Å²) in [7, 11) is 1.66. The van der Waals surface area contributed by atoms with E-state index in [1.165, 1.54) is 0 Å². The maximum absolute atomic E-state index is 12.2. The fourth-order valence-electron chi connectivity index (χ4n) is 3.07. The molecule has 3 nitrogen and oxygen atoms in total. The summed E-state index contributed by atoms with van der Waals surface area (Å²) in [5.41, 5.74) is 1.87. The van der Waals surface area contributed by atoms with Crippen molar-refractivity contribution in [2.24, 2.45) is 4.99 Å². The topological polar surface area (TPSA) is 32.7 Å². The van der Waals surface area contributed by atoms with Crippen LogP contribution in [0.25, 0.3) is 0 Å². The number of carbonyl (C=O) groups is 1. The lowest BCUT2D eigenvalue weighted by Gasteiger charge is -2.34. The summed E-state index contributed by atoms with van der Waals surface area (Å²) in [6.07, 6.45) is 0.133. The van der Waals surface area contributed by atoms with Crippen molar-refractivity contribution in [2.75, 3.05) is 7.05 Å². The molecule has 2 bridgehead atoms. The summed E-state index contributed by atoms with van der Waals surface area (Å²) in [5.74, 6) is -0.398. The number of rotatable bonds is 4. The summed E-state index contributed by atoms with van der Waals surface area (Å²) in [4.78, 5) is 17.6. The third kappa shape index (κ3) is 3.74. The summed E-state index contributed by atoms with van der Waals surface area (Å²) in [6.45, 7) is 3.93. The molecule has 2 atom stereocenters. The van der Waals surface area contributed by atoms with Crippen LogP contribution in [0.5, 0.6) is 0 Å². The largest absolute Gasteiger partial charge is 0.389 e. The van der Waals surface area contributed by atoms with Gasteiger partial charge in [-0.15, -0.1) is 0 Å². The monoisotopic (exact) mass is 300 g/mol. The third-order valence-electron chi connectivity index (χ3n) is 4.00. The molecule has 2 aliphatic heterocycles. The number of alkyl halides is 3. The highest BCUT2D eigenvalue weighted by Crippen LogP contribution is 2.37. The molecule has 1 fully saturated rings. The number of hydrogen-bond donors (Lipinski definition) is 0. The van der Waals surface area contributed by atoms with E-state index in [2.05, 4.69) is 11.6 Å². The van der Waals surface area contributed by atoms with E-state index < -0.39 is 24.9 Å². The summed E-state index contributed by atoms with van der Waals surface area (Å²) < 4.78 is 36.7. The molecule has 6 heteroatoms. The van der Waals surface area contributed by atoms with E-state index in [-0.39, 0.29) is 12.1 Å². The highest BCUT2D eigenvalue weighted by molar-refractivity contribution is 5.84. The normalized spacial score (nSPS) is 25.3. The fourth-order valence-corrected chi connectivity index (χ4v) is 3.07. The number of fused-ring (bicyclic) bond motifs is 2. The van der Waals surface area contributed by atoms with Crippen molar-refractivity contribution in [1.29, 1.82) is 0 Å². The van der Waals surface area contributed by atoms with E-state index in [1.807, 2.05) is 6.08 Å². The Bertz CT molecular complexity index is 494. The number of aliphatic imine (C=N–C) groups is 1. The van der Waals surface area contributed by atoms with Gasteiger partial charge in [0.1, 0.15) is 0 Å². The second-order valence-electron chi connectivity index (χ2n) is 5.52. The van der Waals surface area contributed by atoms with Gasteiger partial charge in [-0.1, -0.05) is 12.7 Å². The summed E-state index contributed by atoms with van der Waals surface area (Å²) >= 11 is 0. The Balaban J connectivity index is 2.05. The first-order valence-electron chi connectivity index (χ1n) is 7.02. The average molecular weight is 300 g/mol. The molecule has 116 valence electrons. The highest BCUT2D eigenvalue weighted by Gasteiger charge is 2.40. The number of halogens is 3. The van der Waals surface area contributed by atoms with Gasteiger partial charge < -0.3 is 4.90 Å². The minimum atomic E-state index is -4.28. The Morgan fingerprint density at radius 2 is 2.24 bits per heavy atom. The van der Waals surface area contributed by atoms with Crippen molar-refractivity contribution in [3.05, 3.63) is 23.8 Å². The molecule has 2 rings (SSSR count). The fraction of sp³-hybridized carbons (Fsp3) is 0.600. The van der Waals surface area contributed by atoms with Crippen molar-refractivity contribution in [3.8, 4) is 0 Å². The second-order valence-corrected chi connectivity index (χ2v) is 5.52. The Morgan fingerprint density at radius 3 is 2.81 bits per heavy atom. The van der Waals surface area contributed by atoms with Gasteiger partial charge in [-0.25, -0.2) is 0 Å². The summed E-state index contributed by atoms with van der Waals surface area (Å²) in [6, 6.07) is -0.0979. The summed E-state index contributed by atoms with van der Waals surface area (Å²) in [5, 5.41) is 0. The van der Waals surface area contributed by atoms with Crippen LogP contribution >= 0.6 is 0 Å². The predicted molar refractivity (Wildman–Crippen MR) is 75.2 cm³/mol. The van der Waals surface area contributed by atoms with E-state index in [0.29, 0.717) is 6.42 Å². The number of amides is 1. The maximum atomic E-state index is 12.2. The van der Waals surface area contributed by atoms with Gasteiger partial charge >= 0.3 is 6.18 Å². The predicted octanol–water partition coefficient (Wildman–Crippen LogP) is 3.28. The van der Waals surface area contributed by atoms with Crippen molar-refractivity contribution >= 4 is 12.1 Å². The lowest BCUT2D eigenvalue weighted by atomic mass is 9.95. The molecule has 0 N–H and O–H groups in total. The van der Waals surface area contributed by atoms with E-state index in [1.54, 1.807) is 18.2 Å². The first-order chi connectivity index (χ1) is 9.81. The molecular weight excluding hydrogens is 281 g/mol. The molecule has 2 unspecified atom stereocenters. The van der Waals surface area contributed by atoms with Crippen molar-refractivity contribution in [2.45, 2.75) is 50.4 Å². The Hall–Kier alpha value is -1.59. The molecule has 0 radical (unpaired) electrons. The molecule has 0 aromatic carbocycles. The van der Waals surface area contributed by atoms with Gasteiger partial charge in [0.2, 0.25) is 5.91 Å². The van der Waals surface area contributed by atoms with Gasteiger partial charge in [-0.05, 0) is 30.4 Å². The molecule has 1 amide bonds. The molecule has 1 saturated heterocycles. The van der Waals surface area contributed by atoms with Crippen LogP contribution in [-0.4, -0.2) is 42.3 Å². The maximum Gasteiger partial charge on any atom is 0.389 e. The molecule has 0 aromatic rings. The Kier molecular flexibility index (Phi) is 4.54. The number of hydrogen-bond acceptors (Lipinski definition) is 2. The highest BCUT2D eigenvalue weighted by atomic mass is 19.4. The lowest BCUT2D eigenvalue weighted by Crippen LogP contribution is -2.43. The van der Waals surface area contributed by atoms with Gasteiger partial charge in [0.25, 0.3) is 0 Å². The molecule has 0 aliphatic carbocycles. The van der Waals surface area contributed by atoms with Crippen LogP contribution in [0.1, 0.15) is 32.1 Å². The molecule has 21 heavy (non-hydrogen) atoms. The van der Waals surface area contributed by atoms with Crippen molar-refractivity contribution < 1.29 is 18.0 Å². The second kappa shape index (κ2) is 6.03. The average Bonchev–Trinajstić information content (AvgIpc) is 2.65. The zero-order valence-corrected chi connectivity index (χ0v) is 12.0. The van der Waals surface area contributed by atoms with Gasteiger partial charge in [-0.3, -0.25) is 9.79 Å². The Morgan fingerprint density at radius 1 is 1.52 bits per heavy atom. The molecule has 2 aliphatic rings. The molecular formula is C15H19F3N2O. The van der Waals surface area contributed by atoms with Crippen LogP contribution in [0, 0.1) is 0 Å². The van der Waals surface area contributed by atoms with Crippen LogP contribution in [0.15, 0.2) is 28.8 Å². The van der Waals surface area contributed by atoms with E-state index in [4.69, 9.17) is 0 Å². The smallest absolute Gasteiger partial charge is 0.333 e. The number of allylic oxidation sites excluding steroid dienone is 1. The molecule has 0 saturated carbocycles. The van der Waals surface area contributed by atoms with Gasteiger partial charge in [0.05, 0.1) is 12.5 Å². The molecule has 0 spiro atoms. The van der Waals surface area contributed by atoms with E-state index >= 15 is 0 Å².